The van der Waals surface area contributed by atoms with E-state index in [1.54, 1.807) is 11.8 Å². The van der Waals surface area contributed by atoms with Gasteiger partial charge in [-0.25, -0.2) is 0 Å². The van der Waals surface area contributed by atoms with Crippen molar-refractivity contribution in [2.24, 2.45) is 0 Å². The number of benzene rings is 1. The van der Waals surface area contributed by atoms with Gasteiger partial charge in [-0.1, -0.05) is 23.7 Å². The van der Waals surface area contributed by atoms with E-state index in [1.165, 1.54) is 5.56 Å². The molecule has 1 heterocycles. The summed E-state index contributed by atoms with van der Waals surface area (Å²) in [6, 6.07) is 7.70. The molecular weight excluding hydrogens is 306 g/mol. The van der Waals surface area contributed by atoms with E-state index in [-0.39, 0.29) is 5.91 Å². The number of halogens is 1. The van der Waals surface area contributed by atoms with Crippen LogP contribution in [-0.4, -0.2) is 36.7 Å². The Morgan fingerprint density at radius 1 is 1.38 bits per heavy atom. The molecule has 6 heteroatoms. The highest BCUT2D eigenvalue weighted by Crippen LogP contribution is 2.15. The predicted octanol–water partition coefficient (Wildman–Crippen LogP) is 2.41. The second-order valence-corrected chi connectivity index (χ2v) is 6.46. The molecular formula is C15H20ClN3OS. The van der Waals surface area contributed by atoms with Gasteiger partial charge in [0.05, 0.1) is 5.75 Å². The van der Waals surface area contributed by atoms with E-state index in [0.717, 1.165) is 36.0 Å². The van der Waals surface area contributed by atoms with Gasteiger partial charge in [0.2, 0.25) is 5.91 Å². The molecule has 0 saturated carbocycles. The minimum absolute atomic E-state index is 0.00575. The molecule has 1 aromatic rings. The lowest BCUT2D eigenvalue weighted by Crippen LogP contribution is -2.40. The number of amides is 1. The molecule has 0 fully saturated rings. The van der Waals surface area contributed by atoms with Crippen LogP contribution in [-0.2, 0) is 10.5 Å². The maximum absolute atomic E-state index is 11.7. The third-order valence-corrected chi connectivity index (χ3v) is 4.45. The van der Waals surface area contributed by atoms with Crippen molar-refractivity contribution in [3.8, 4) is 0 Å². The van der Waals surface area contributed by atoms with Crippen molar-refractivity contribution in [1.82, 2.24) is 15.8 Å². The Kier molecular flexibility index (Phi) is 6.42. The molecule has 0 aromatic heterocycles. The lowest BCUT2D eigenvalue weighted by molar-refractivity contribution is -0.119. The molecule has 1 aliphatic heterocycles. The van der Waals surface area contributed by atoms with Gasteiger partial charge in [-0.2, -0.15) is 0 Å². The van der Waals surface area contributed by atoms with Gasteiger partial charge < -0.3 is 10.3 Å². The second kappa shape index (κ2) is 8.32. The Balaban J connectivity index is 1.62. The first kappa shape index (κ1) is 16.2. The van der Waals surface area contributed by atoms with Gasteiger partial charge in [0.25, 0.3) is 0 Å². The van der Waals surface area contributed by atoms with E-state index in [1.807, 2.05) is 24.3 Å². The molecule has 1 aliphatic rings. The number of nitrogens with zero attached hydrogens (tertiary/aromatic N) is 1. The highest BCUT2D eigenvalue weighted by atomic mass is 35.5. The molecule has 2 rings (SSSR count). The van der Waals surface area contributed by atoms with E-state index in [2.05, 4.69) is 28.9 Å². The lowest BCUT2D eigenvalue weighted by Gasteiger charge is -2.22. The van der Waals surface area contributed by atoms with Crippen molar-refractivity contribution < 1.29 is 4.79 Å². The third-order valence-electron chi connectivity index (χ3n) is 3.19. The summed E-state index contributed by atoms with van der Waals surface area (Å²) in [5.41, 5.74) is 8.00. The first-order chi connectivity index (χ1) is 10.1. The minimum Gasteiger partial charge on any atom is -0.303 e. The van der Waals surface area contributed by atoms with Crippen LogP contribution in [0.4, 0.5) is 0 Å². The molecule has 114 valence electrons. The first-order valence-corrected chi connectivity index (χ1v) is 8.41. The highest BCUT2D eigenvalue weighted by molar-refractivity contribution is 7.99. The van der Waals surface area contributed by atoms with Crippen LogP contribution >= 0.6 is 23.4 Å². The number of carbonyl (C=O) groups is 1. The number of hydrogen-bond donors (Lipinski definition) is 2. The highest BCUT2D eigenvalue weighted by Gasteiger charge is 2.08. The summed E-state index contributed by atoms with van der Waals surface area (Å²) in [6.07, 6.45) is 3.04. The van der Waals surface area contributed by atoms with E-state index in [4.69, 9.17) is 11.6 Å². The zero-order valence-electron chi connectivity index (χ0n) is 12.1. The van der Waals surface area contributed by atoms with Gasteiger partial charge in [-0.15, -0.1) is 11.8 Å². The summed E-state index contributed by atoms with van der Waals surface area (Å²) in [7, 11) is 2.08. The smallest absolute Gasteiger partial charge is 0.248 e. The molecule has 21 heavy (non-hydrogen) atoms. The monoisotopic (exact) mass is 325 g/mol. The van der Waals surface area contributed by atoms with Crippen LogP contribution in [0.5, 0.6) is 0 Å². The van der Waals surface area contributed by atoms with E-state index < -0.39 is 0 Å². The molecule has 2 N–H and O–H groups in total. The minimum atomic E-state index is -0.00575. The van der Waals surface area contributed by atoms with Crippen molar-refractivity contribution in [2.45, 2.75) is 12.2 Å². The van der Waals surface area contributed by atoms with Crippen LogP contribution in [0.3, 0.4) is 0 Å². The maximum Gasteiger partial charge on any atom is 0.248 e. The molecule has 0 spiro atoms. The maximum atomic E-state index is 11.7. The summed E-state index contributed by atoms with van der Waals surface area (Å²) in [6.45, 7) is 1.93. The number of hydrazine groups is 1. The van der Waals surface area contributed by atoms with Crippen molar-refractivity contribution in [3.63, 3.8) is 0 Å². The average molecular weight is 326 g/mol. The van der Waals surface area contributed by atoms with Crippen LogP contribution in [0.15, 0.2) is 36.0 Å². The number of hydrogen-bond acceptors (Lipinski definition) is 4. The number of thioether (sulfide) groups is 1. The summed E-state index contributed by atoms with van der Waals surface area (Å²) >= 11 is 7.42. The average Bonchev–Trinajstić information content (AvgIpc) is 2.49. The fraction of sp³-hybridized carbons (Fsp3) is 0.400. The summed E-state index contributed by atoms with van der Waals surface area (Å²) in [5, 5.41) is 0.733. The molecule has 1 aromatic carbocycles. The summed E-state index contributed by atoms with van der Waals surface area (Å²) < 4.78 is 0. The summed E-state index contributed by atoms with van der Waals surface area (Å²) in [4.78, 5) is 14.0. The SMILES string of the molecule is CN1CC=C(NNC(=O)CSCc2ccc(Cl)cc2)CC1. The quantitative estimate of drug-likeness (QED) is 0.788. The van der Waals surface area contributed by atoms with Crippen molar-refractivity contribution >= 4 is 29.3 Å². The fourth-order valence-corrected chi connectivity index (χ4v) is 2.83. The Bertz CT molecular complexity index is 504. The third kappa shape index (κ3) is 5.99. The normalized spacial score (nSPS) is 15.4. The molecule has 0 unspecified atom stereocenters. The largest absolute Gasteiger partial charge is 0.303 e. The molecule has 0 atom stereocenters. The lowest BCUT2D eigenvalue weighted by atomic mass is 10.2. The van der Waals surface area contributed by atoms with Gasteiger partial charge in [-0.05, 0) is 30.8 Å². The Hall–Kier alpha value is -1.17. The molecule has 4 nitrogen and oxygen atoms in total. The fourth-order valence-electron chi connectivity index (χ4n) is 1.91. The van der Waals surface area contributed by atoms with Gasteiger partial charge in [0.15, 0.2) is 0 Å². The van der Waals surface area contributed by atoms with Crippen molar-refractivity contribution in [2.75, 3.05) is 25.9 Å². The van der Waals surface area contributed by atoms with E-state index in [0.29, 0.717) is 5.75 Å². The van der Waals surface area contributed by atoms with Crippen molar-refractivity contribution in [1.29, 1.82) is 0 Å². The Morgan fingerprint density at radius 3 is 2.81 bits per heavy atom. The van der Waals surface area contributed by atoms with Crippen molar-refractivity contribution in [3.05, 3.63) is 46.6 Å². The van der Waals surface area contributed by atoms with Gasteiger partial charge in [0.1, 0.15) is 0 Å². The molecule has 0 bridgehead atoms. The zero-order chi connectivity index (χ0) is 15.1. The van der Waals surface area contributed by atoms with Gasteiger partial charge in [0, 0.05) is 36.0 Å². The number of likely N-dealkylation sites (N-methyl/N-ethyl adjacent to an activating group) is 1. The second-order valence-electron chi connectivity index (χ2n) is 5.03. The zero-order valence-corrected chi connectivity index (χ0v) is 13.6. The number of carbonyl (C=O) groups excluding carboxylic acids is 1. The number of rotatable bonds is 6. The van der Waals surface area contributed by atoms with Crippen LogP contribution in [0, 0.1) is 0 Å². The number of nitrogens with one attached hydrogen (secondary N) is 2. The predicted molar refractivity (Wildman–Crippen MR) is 89.1 cm³/mol. The Morgan fingerprint density at radius 2 is 2.14 bits per heavy atom. The van der Waals surface area contributed by atoms with Crippen LogP contribution in [0.2, 0.25) is 5.02 Å². The molecule has 1 amide bonds. The molecule has 0 aliphatic carbocycles. The van der Waals surface area contributed by atoms with Crippen LogP contribution in [0.1, 0.15) is 12.0 Å². The van der Waals surface area contributed by atoms with E-state index in [9.17, 15) is 4.79 Å². The van der Waals surface area contributed by atoms with Gasteiger partial charge in [-0.3, -0.25) is 10.2 Å². The van der Waals surface area contributed by atoms with Gasteiger partial charge >= 0.3 is 0 Å². The van der Waals surface area contributed by atoms with Crippen LogP contribution in [0.25, 0.3) is 0 Å². The molecule has 0 radical (unpaired) electrons. The van der Waals surface area contributed by atoms with E-state index >= 15 is 0 Å². The molecule has 0 saturated heterocycles. The Labute approximate surface area is 134 Å². The van der Waals surface area contributed by atoms with Crippen LogP contribution < -0.4 is 10.9 Å². The summed E-state index contributed by atoms with van der Waals surface area (Å²) in [5.74, 6) is 1.23. The standard InChI is InChI=1S/C15H20ClN3OS/c1-19-8-6-14(7-9-19)17-18-15(20)11-21-10-12-2-4-13(16)5-3-12/h2-6,17H,7-11H2,1H3,(H,18,20). The first-order valence-electron chi connectivity index (χ1n) is 6.88. The topological polar surface area (TPSA) is 44.4 Å².